The van der Waals surface area contributed by atoms with Crippen molar-refractivity contribution in [3.8, 4) is 0 Å². The van der Waals surface area contributed by atoms with E-state index in [1.807, 2.05) is 4.68 Å². The Labute approximate surface area is 132 Å². The first kappa shape index (κ1) is 17.7. The van der Waals surface area contributed by atoms with Crippen molar-refractivity contribution in [1.29, 1.82) is 0 Å². The summed E-state index contributed by atoms with van der Waals surface area (Å²) in [5.41, 5.74) is 2.49. The van der Waals surface area contributed by atoms with Crippen LogP contribution in [0.1, 0.15) is 58.3 Å². The second-order valence-corrected chi connectivity index (χ2v) is 6.58. The van der Waals surface area contributed by atoms with E-state index < -0.39 is 0 Å². The monoisotopic (exact) mass is 343 g/mol. The molecule has 1 aromatic rings. The van der Waals surface area contributed by atoms with Crippen LogP contribution in [-0.4, -0.2) is 22.4 Å². The van der Waals surface area contributed by atoms with Crippen molar-refractivity contribution in [2.45, 2.75) is 65.8 Å². The van der Waals surface area contributed by atoms with E-state index in [9.17, 15) is 0 Å². The van der Waals surface area contributed by atoms with Crippen molar-refractivity contribution < 1.29 is 0 Å². The summed E-state index contributed by atoms with van der Waals surface area (Å²) in [5.74, 6) is 0.766. The highest BCUT2D eigenvalue weighted by atomic mass is 79.9. The summed E-state index contributed by atoms with van der Waals surface area (Å²) in [5, 5.41) is 8.31. The standard InChI is InChI=1S/C16H30BrN3/c1-6-9-18-13(10-12(4)7-2)11-15-16(17)14(8-3)19-20(15)5/h12-13,18H,6-11H2,1-5H3. The summed E-state index contributed by atoms with van der Waals surface area (Å²) in [6.07, 6.45) is 5.69. The molecule has 3 nitrogen and oxygen atoms in total. The molecule has 1 N–H and O–H groups in total. The smallest absolute Gasteiger partial charge is 0.0766 e. The van der Waals surface area contributed by atoms with Crippen molar-refractivity contribution in [2.75, 3.05) is 6.54 Å². The Morgan fingerprint density at radius 1 is 1.30 bits per heavy atom. The summed E-state index contributed by atoms with van der Waals surface area (Å²) in [4.78, 5) is 0. The van der Waals surface area contributed by atoms with Crippen molar-refractivity contribution in [2.24, 2.45) is 13.0 Å². The largest absolute Gasteiger partial charge is 0.314 e. The fourth-order valence-corrected chi connectivity index (χ4v) is 3.29. The van der Waals surface area contributed by atoms with E-state index >= 15 is 0 Å². The Morgan fingerprint density at radius 3 is 2.50 bits per heavy atom. The Hall–Kier alpha value is -0.350. The first-order valence-electron chi connectivity index (χ1n) is 7.96. The van der Waals surface area contributed by atoms with Crippen LogP contribution in [0.15, 0.2) is 4.47 Å². The zero-order valence-corrected chi connectivity index (χ0v) is 15.3. The minimum absolute atomic E-state index is 0.543. The molecule has 0 aromatic carbocycles. The van der Waals surface area contributed by atoms with Gasteiger partial charge in [0, 0.05) is 19.5 Å². The minimum Gasteiger partial charge on any atom is -0.314 e. The molecule has 0 spiro atoms. The van der Waals surface area contributed by atoms with Crippen LogP contribution >= 0.6 is 15.9 Å². The molecule has 1 aromatic heterocycles. The van der Waals surface area contributed by atoms with Crippen molar-refractivity contribution in [3.05, 3.63) is 15.9 Å². The van der Waals surface area contributed by atoms with Crippen LogP contribution in [-0.2, 0) is 19.9 Å². The van der Waals surface area contributed by atoms with Crippen LogP contribution in [0.25, 0.3) is 0 Å². The van der Waals surface area contributed by atoms with Crippen LogP contribution in [0, 0.1) is 5.92 Å². The maximum Gasteiger partial charge on any atom is 0.0766 e. The molecule has 116 valence electrons. The fourth-order valence-electron chi connectivity index (χ4n) is 2.51. The molecule has 2 atom stereocenters. The summed E-state index contributed by atoms with van der Waals surface area (Å²) < 4.78 is 3.25. The number of aromatic nitrogens is 2. The highest BCUT2D eigenvalue weighted by molar-refractivity contribution is 9.10. The zero-order chi connectivity index (χ0) is 15.1. The SMILES string of the molecule is CCCNC(Cc1c(Br)c(CC)nn1C)CC(C)CC. The molecule has 0 aliphatic heterocycles. The lowest BCUT2D eigenvalue weighted by molar-refractivity contribution is 0.385. The molecule has 0 radical (unpaired) electrons. The molecular weight excluding hydrogens is 314 g/mol. The summed E-state index contributed by atoms with van der Waals surface area (Å²) in [6, 6.07) is 0.543. The Balaban J connectivity index is 2.80. The van der Waals surface area contributed by atoms with E-state index in [0.29, 0.717) is 6.04 Å². The summed E-state index contributed by atoms with van der Waals surface area (Å²) in [7, 11) is 2.05. The molecule has 2 unspecified atom stereocenters. The van der Waals surface area contributed by atoms with Gasteiger partial charge in [0.15, 0.2) is 0 Å². The number of aryl methyl sites for hydroxylation is 2. The Kier molecular flexibility index (Phi) is 7.82. The number of nitrogens with zero attached hydrogens (tertiary/aromatic N) is 2. The predicted molar refractivity (Wildman–Crippen MR) is 90.1 cm³/mol. The van der Waals surface area contributed by atoms with E-state index in [1.54, 1.807) is 0 Å². The third kappa shape index (κ3) is 4.88. The number of rotatable bonds is 9. The van der Waals surface area contributed by atoms with Gasteiger partial charge in [0.25, 0.3) is 0 Å². The molecule has 0 bridgehead atoms. The molecule has 1 rings (SSSR count). The molecule has 20 heavy (non-hydrogen) atoms. The molecule has 1 heterocycles. The van der Waals surface area contributed by atoms with Gasteiger partial charge in [0.05, 0.1) is 15.9 Å². The molecule has 4 heteroatoms. The molecular formula is C16H30BrN3. The maximum atomic E-state index is 4.60. The third-order valence-electron chi connectivity index (χ3n) is 4.01. The van der Waals surface area contributed by atoms with Crippen LogP contribution in [0.4, 0.5) is 0 Å². The van der Waals surface area contributed by atoms with E-state index in [1.165, 1.54) is 35.1 Å². The van der Waals surface area contributed by atoms with Gasteiger partial charge in [0.2, 0.25) is 0 Å². The van der Waals surface area contributed by atoms with Gasteiger partial charge in [-0.05, 0) is 47.7 Å². The van der Waals surface area contributed by atoms with Crippen molar-refractivity contribution >= 4 is 15.9 Å². The van der Waals surface area contributed by atoms with Gasteiger partial charge in [-0.15, -0.1) is 0 Å². The molecule has 0 amide bonds. The lowest BCUT2D eigenvalue weighted by atomic mass is 9.96. The lowest BCUT2D eigenvalue weighted by Crippen LogP contribution is -2.34. The van der Waals surface area contributed by atoms with Crippen LogP contribution in [0.2, 0.25) is 0 Å². The third-order valence-corrected chi connectivity index (χ3v) is 4.92. The quantitative estimate of drug-likeness (QED) is 0.731. The van der Waals surface area contributed by atoms with E-state index in [-0.39, 0.29) is 0 Å². The van der Waals surface area contributed by atoms with Crippen LogP contribution in [0.5, 0.6) is 0 Å². The Bertz CT molecular complexity index is 401. The topological polar surface area (TPSA) is 29.9 Å². The maximum absolute atomic E-state index is 4.60. The highest BCUT2D eigenvalue weighted by Crippen LogP contribution is 2.24. The number of halogens is 1. The summed E-state index contributed by atoms with van der Waals surface area (Å²) >= 11 is 3.73. The van der Waals surface area contributed by atoms with Gasteiger partial charge in [-0.3, -0.25) is 4.68 Å². The molecule has 0 aliphatic carbocycles. The van der Waals surface area contributed by atoms with Crippen LogP contribution < -0.4 is 5.32 Å². The lowest BCUT2D eigenvalue weighted by Gasteiger charge is -2.22. The van der Waals surface area contributed by atoms with Crippen molar-refractivity contribution in [1.82, 2.24) is 15.1 Å². The average Bonchev–Trinajstić information content (AvgIpc) is 2.71. The van der Waals surface area contributed by atoms with Gasteiger partial charge >= 0.3 is 0 Å². The predicted octanol–water partition coefficient (Wildman–Crippen LogP) is 4.09. The molecule has 0 saturated heterocycles. The number of nitrogens with one attached hydrogen (secondary N) is 1. The van der Waals surface area contributed by atoms with Gasteiger partial charge in [-0.2, -0.15) is 5.10 Å². The minimum atomic E-state index is 0.543. The highest BCUT2D eigenvalue weighted by Gasteiger charge is 2.18. The Morgan fingerprint density at radius 2 is 2.00 bits per heavy atom. The summed E-state index contributed by atoms with van der Waals surface area (Å²) in [6.45, 7) is 10.1. The number of hydrogen-bond donors (Lipinski definition) is 1. The average molecular weight is 344 g/mol. The normalized spacial score (nSPS) is 14.5. The van der Waals surface area contributed by atoms with E-state index in [0.717, 1.165) is 25.3 Å². The second-order valence-electron chi connectivity index (χ2n) is 5.79. The second kappa shape index (κ2) is 8.83. The van der Waals surface area contributed by atoms with Gasteiger partial charge in [-0.25, -0.2) is 0 Å². The zero-order valence-electron chi connectivity index (χ0n) is 13.7. The first-order chi connectivity index (χ1) is 9.53. The molecule has 0 saturated carbocycles. The van der Waals surface area contributed by atoms with Gasteiger partial charge < -0.3 is 5.32 Å². The van der Waals surface area contributed by atoms with E-state index in [2.05, 4.69) is 61.1 Å². The van der Waals surface area contributed by atoms with E-state index in [4.69, 9.17) is 0 Å². The van der Waals surface area contributed by atoms with Crippen LogP contribution in [0.3, 0.4) is 0 Å². The van der Waals surface area contributed by atoms with Crippen molar-refractivity contribution in [3.63, 3.8) is 0 Å². The van der Waals surface area contributed by atoms with Gasteiger partial charge in [0.1, 0.15) is 0 Å². The number of hydrogen-bond acceptors (Lipinski definition) is 2. The molecule has 0 fully saturated rings. The van der Waals surface area contributed by atoms with Gasteiger partial charge in [-0.1, -0.05) is 34.1 Å². The first-order valence-corrected chi connectivity index (χ1v) is 8.76. The fraction of sp³-hybridized carbons (Fsp3) is 0.812. The molecule has 0 aliphatic rings.